The van der Waals surface area contributed by atoms with Gasteiger partial charge in [0.2, 0.25) is 15.0 Å². The zero-order valence-electron chi connectivity index (χ0n) is 8.14. The molecule has 0 aliphatic heterocycles. The Hall–Kier alpha value is -1.09. The van der Waals surface area contributed by atoms with Crippen LogP contribution in [0.1, 0.15) is 0 Å². The first-order valence-electron chi connectivity index (χ1n) is 4.08. The van der Waals surface area contributed by atoms with Gasteiger partial charge in [-0.2, -0.15) is 13.2 Å². The summed E-state index contributed by atoms with van der Waals surface area (Å²) in [5.41, 5.74) is 0. The number of hydrogen-bond acceptors (Lipinski definition) is 4. The van der Waals surface area contributed by atoms with E-state index < -0.39 is 33.8 Å². The molecule has 0 saturated carbocycles. The van der Waals surface area contributed by atoms with E-state index >= 15 is 0 Å². The standard InChI is InChI=1S/C7H9F3N2O3S/c1-16(14,15)6-11-2-3-12(6)4-5(13)7(8,9)10/h2-3,5,13H,4H2,1H3. The van der Waals surface area contributed by atoms with Crippen molar-refractivity contribution in [2.75, 3.05) is 6.26 Å². The first kappa shape index (κ1) is 13.0. The lowest BCUT2D eigenvalue weighted by atomic mass is 10.3. The predicted octanol–water partition coefficient (Wildman–Crippen LogP) is 0.210. The van der Waals surface area contributed by atoms with Gasteiger partial charge in [0.05, 0.1) is 6.54 Å². The molecule has 1 unspecified atom stereocenters. The average Bonchev–Trinajstić information content (AvgIpc) is 2.49. The molecule has 5 nitrogen and oxygen atoms in total. The van der Waals surface area contributed by atoms with Crippen LogP contribution in [0.25, 0.3) is 0 Å². The van der Waals surface area contributed by atoms with Gasteiger partial charge < -0.3 is 9.67 Å². The Kier molecular flexibility index (Phi) is 3.29. The van der Waals surface area contributed by atoms with Crippen molar-refractivity contribution in [3.8, 4) is 0 Å². The minimum atomic E-state index is -4.79. The van der Waals surface area contributed by atoms with Crippen LogP contribution in [0, 0.1) is 0 Å². The zero-order valence-corrected chi connectivity index (χ0v) is 8.96. The van der Waals surface area contributed by atoms with E-state index in [-0.39, 0.29) is 0 Å². The second-order valence-corrected chi connectivity index (χ2v) is 5.10. The van der Waals surface area contributed by atoms with E-state index in [1.807, 2.05) is 0 Å². The zero-order chi connectivity index (χ0) is 12.6. The minimum Gasteiger partial charge on any atom is -0.382 e. The lowest BCUT2D eigenvalue weighted by molar-refractivity contribution is -0.207. The predicted molar refractivity (Wildman–Crippen MR) is 47.4 cm³/mol. The quantitative estimate of drug-likeness (QED) is 0.841. The molecule has 1 aromatic rings. The molecule has 1 N–H and O–H groups in total. The summed E-state index contributed by atoms with van der Waals surface area (Å²) in [6.07, 6.45) is -4.47. The van der Waals surface area contributed by atoms with Crippen LogP contribution in [-0.4, -0.2) is 41.6 Å². The number of aliphatic hydroxyl groups excluding tert-OH is 1. The molecule has 0 aliphatic rings. The highest BCUT2D eigenvalue weighted by Gasteiger charge is 2.38. The van der Waals surface area contributed by atoms with Gasteiger partial charge in [-0.05, 0) is 0 Å². The first-order valence-corrected chi connectivity index (χ1v) is 5.97. The van der Waals surface area contributed by atoms with Gasteiger partial charge in [0.25, 0.3) is 0 Å². The Morgan fingerprint density at radius 2 is 2.12 bits per heavy atom. The van der Waals surface area contributed by atoms with Crippen molar-refractivity contribution in [3.05, 3.63) is 12.4 Å². The molecule has 0 fully saturated rings. The largest absolute Gasteiger partial charge is 0.416 e. The monoisotopic (exact) mass is 258 g/mol. The summed E-state index contributed by atoms with van der Waals surface area (Å²) < 4.78 is 59.1. The molecule has 1 heterocycles. The SMILES string of the molecule is CS(=O)(=O)c1nccn1CC(O)C(F)(F)F. The van der Waals surface area contributed by atoms with Gasteiger partial charge in [0, 0.05) is 18.6 Å². The second-order valence-electron chi connectivity index (χ2n) is 3.19. The fraction of sp³-hybridized carbons (Fsp3) is 0.571. The Morgan fingerprint density at radius 1 is 1.56 bits per heavy atom. The number of aromatic nitrogens is 2. The van der Waals surface area contributed by atoms with Crippen LogP contribution in [0.15, 0.2) is 17.6 Å². The van der Waals surface area contributed by atoms with Gasteiger partial charge in [-0.25, -0.2) is 13.4 Å². The summed E-state index contributed by atoms with van der Waals surface area (Å²) in [4.78, 5) is 3.42. The molecule has 0 saturated heterocycles. The molecule has 0 amide bonds. The average molecular weight is 258 g/mol. The molecule has 0 aliphatic carbocycles. The maximum Gasteiger partial charge on any atom is 0.416 e. The molecular weight excluding hydrogens is 249 g/mol. The van der Waals surface area contributed by atoms with E-state index in [0.29, 0.717) is 0 Å². The third-order valence-corrected chi connectivity index (χ3v) is 2.76. The highest BCUT2D eigenvalue weighted by atomic mass is 32.2. The van der Waals surface area contributed by atoms with Crippen molar-refractivity contribution in [1.82, 2.24) is 9.55 Å². The van der Waals surface area contributed by atoms with Crippen LogP contribution in [0.3, 0.4) is 0 Å². The Morgan fingerprint density at radius 3 is 2.56 bits per heavy atom. The number of imidazole rings is 1. The van der Waals surface area contributed by atoms with E-state index in [9.17, 15) is 21.6 Å². The van der Waals surface area contributed by atoms with Crippen molar-refractivity contribution in [2.24, 2.45) is 0 Å². The van der Waals surface area contributed by atoms with E-state index in [0.717, 1.165) is 23.2 Å². The molecule has 1 rings (SSSR count). The summed E-state index contributed by atoms with van der Waals surface area (Å²) >= 11 is 0. The van der Waals surface area contributed by atoms with Gasteiger partial charge in [-0.1, -0.05) is 0 Å². The van der Waals surface area contributed by atoms with Crippen molar-refractivity contribution in [3.63, 3.8) is 0 Å². The first-order chi connectivity index (χ1) is 7.12. The molecule has 92 valence electrons. The highest BCUT2D eigenvalue weighted by molar-refractivity contribution is 7.90. The number of halogens is 3. The highest BCUT2D eigenvalue weighted by Crippen LogP contribution is 2.22. The topological polar surface area (TPSA) is 72.2 Å². The van der Waals surface area contributed by atoms with Gasteiger partial charge in [-0.15, -0.1) is 0 Å². The number of hydrogen-bond donors (Lipinski definition) is 1. The van der Waals surface area contributed by atoms with E-state index in [1.54, 1.807) is 0 Å². The van der Waals surface area contributed by atoms with E-state index in [4.69, 9.17) is 5.11 Å². The lowest BCUT2D eigenvalue weighted by Crippen LogP contribution is -2.33. The Bertz CT molecular complexity index is 465. The second kappa shape index (κ2) is 4.06. The van der Waals surface area contributed by atoms with Crippen molar-refractivity contribution in [1.29, 1.82) is 0 Å². The molecular formula is C7H9F3N2O3S. The Balaban J connectivity index is 2.96. The summed E-state index contributed by atoms with van der Waals surface area (Å²) in [5, 5.41) is 8.28. The van der Waals surface area contributed by atoms with Gasteiger partial charge in [0.15, 0.2) is 6.10 Å². The van der Waals surface area contributed by atoms with Crippen LogP contribution in [0.2, 0.25) is 0 Å². The third-order valence-electron chi connectivity index (χ3n) is 1.76. The van der Waals surface area contributed by atoms with Crippen LogP contribution in [0.4, 0.5) is 13.2 Å². The van der Waals surface area contributed by atoms with Crippen LogP contribution < -0.4 is 0 Å². The Labute approximate surface area is 89.4 Å². The van der Waals surface area contributed by atoms with Gasteiger partial charge in [-0.3, -0.25) is 0 Å². The molecule has 16 heavy (non-hydrogen) atoms. The van der Waals surface area contributed by atoms with Crippen molar-refractivity contribution < 1.29 is 26.7 Å². The van der Waals surface area contributed by atoms with E-state index in [2.05, 4.69) is 4.98 Å². The van der Waals surface area contributed by atoms with Gasteiger partial charge in [0.1, 0.15) is 0 Å². The van der Waals surface area contributed by atoms with Crippen molar-refractivity contribution >= 4 is 9.84 Å². The minimum absolute atomic E-state index is 0.504. The van der Waals surface area contributed by atoms with Crippen LogP contribution in [-0.2, 0) is 16.4 Å². The molecule has 1 atom stereocenters. The summed E-state index contributed by atoms with van der Waals surface area (Å²) in [6, 6.07) is 0. The summed E-state index contributed by atoms with van der Waals surface area (Å²) in [5.74, 6) is 0. The summed E-state index contributed by atoms with van der Waals surface area (Å²) in [7, 11) is -3.71. The number of nitrogens with zero attached hydrogens (tertiary/aromatic N) is 2. The molecule has 0 bridgehead atoms. The van der Waals surface area contributed by atoms with Gasteiger partial charge >= 0.3 is 6.18 Å². The molecule has 0 radical (unpaired) electrons. The van der Waals surface area contributed by atoms with E-state index in [1.165, 1.54) is 0 Å². The maximum absolute atomic E-state index is 12.0. The molecule has 0 spiro atoms. The lowest BCUT2D eigenvalue weighted by Gasteiger charge is -2.15. The number of aliphatic hydroxyl groups is 1. The number of sulfone groups is 1. The molecule has 1 aromatic heterocycles. The number of rotatable bonds is 3. The molecule has 0 aromatic carbocycles. The van der Waals surface area contributed by atoms with Crippen LogP contribution in [0.5, 0.6) is 0 Å². The fourth-order valence-corrected chi connectivity index (χ4v) is 1.87. The summed E-state index contributed by atoms with van der Waals surface area (Å²) in [6.45, 7) is -0.897. The smallest absolute Gasteiger partial charge is 0.382 e. The fourth-order valence-electron chi connectivity index (χ4n) is 1.05. The normalized spacial score (nSPS) is 15.1. The third kappa shape index (κ3) is 2.95. The van der Waals surface area contributed by atoms with Crippen LogP contribution >= 0.6 is 0 Å². The maximum atomic E-state index is 12.0. The number of alkyl halides is 3. The molecule has 9 heteroatoms. The van der Waals surface area contributed by atoms with Crippen molar-refractivity contribution in [2.45, 2.75) is 24.0 Å².